The van der Waals surface area contributed by atoms with Gasteiger partial charge < -0.3 is 9.84 Å². The van der Waals surface area contributed by atoms with Gasteiger partial charge in [0, 0.05) is 18.4 Å². The molecule has 0 radical (unpaired) electrons. The first-order chi connectivity index (χ1) is 7.70. The first kappa shape index (κ1) is 11.6. The van der Waals surface area contributed by atoms with Crippen LogP contribution in [0.2, 0.25) is 0 Å². The van der Waals surface area contributed by atoms with Gasteiger partial charge in [0.05, 0.1) is 13.2 Å². The number of aryl methyl sites for hydroxylation is 2. The fourth-order valence-corrected chi connectivity index (χ4v) is 2.32. The maximum atomic E-state index is 9.52. The van der Waals surface area contributed by atoms with Crippen molar-refractivity contribution in [1.82, 2.24) is 0 Å². The fourth-order valence-electron chi connectivity index (χ4n) is 2.32. The third kappa shape index (κ3) is 2.45. The Kier molecular flexibility index (Phi) is 3.62. The topological polar surface area (TPSA) is 29.5 Å². The van der Waals surface area contributed by atoms with Gasteiger partial charge in [-0.3, -0.25) is 0 Å². The van der Waals surface area contributed by atoms with E-state index in [4.69, 9.17) is 4.74 Å². The van der Waals surface area contributed by atoms with E-state index in [1.54, 1.807) is 0 Å². The molecular formula is C14H20O2. The largest absolute Gasteiger partial charge is 0.396 e. The normalized spacial score (nSPS) is 18.2. The molecule has 1 fully saturated rings. The molecule has 1 aliphatic rings. The molecule has 1 N–H and O–H groups in total. The fraction of sp³-hybridized carbons (Fsp3) is 0.571. The lowest BCUT2D eigenvalue weighted by Gasteiger charge is -2.30. The minimum absolute atomic E-state index is 0.237. The molecule has 2 nitrogen and oxygen atoms in total. The van der Waals surface area contributed by atoms with Gasteiger partial charge in [-0.2, -0.15) is 0 Å². The third-order valence-corrected chi connectivity index (χ3v) is 3.42. The summed E-state index contributed by atoms with van der Waals surface area (Å²) >= 11 is 0. The van der Waals surface area contributed by atoms with Crippen molar-refractivity contribution >= 4 is 0 Å². The predicted octanol–water partition coefficient (Wildman–Crippen LogP) is 2.42. The highest BCUT2D eigenvalue weighted by Gasteiger charge is 2.24. The molecule has 1 aromatic carbocycles. The van der Waals surface area contributed by atoms with Crippen LogP contribution in [-0.4, -0.2) is 24.9 Å². The van der Waals surface area contributed by atoms with Crippen LogP contribution in [0.5, 0.6) is 0 Å². The van der Waals surface area contributed by atoms with Crippen LogP contribution in [0.25, 0.3) is 0 Å². The number of aliphatic hydroxyl groups is 1. The lowest BCUT2D eigenvalue weighted by atomic mass is 9.85. The molecule has 0 aromatic heterocycles. The molecule has 1 unspecified atom stereocenters. The number of aliphatic hydroxyl groups excluding tert-OH is 1. The van der Waals surface area contributed by atoms with E-state index in [-0.39, 0.29) is 12.5 Å². The number of ether oxygens (including phenoxy) is 1. The molecule has 1 heterocycles. The van der Waals surface area contributed by atoms with E-state index in [0.29, 0.717) is 5.92 Å². The van der Waals surface area contributed by atoms with Crippen LogP contribution in [0.1, 0.15) is 29.0 Å². The molecule has 2 heteroatoms. The number of hydrogen-bond acceptors (Lipinski definition) is 2. The van der Waals surface area contributed by atoms with Crippen molar-refractivity contribution in [2.45, 2.75) is 26.2 Å². The van der Waals surface area contributed by atoms with Crippen LogP contribution < -0.4 is 0 Å². The molecule has 0 saturated carbocycles. The van der Waals surface area contributed by atoms with E-state index in [1.165, 1.54) is 16.7 Å². The summed E-state index contributed by atoms with van der Waals surface area (Å²) in [5.74, 6) is 0.908. The van der Waals surface area contributed by atoms with Crippen molar-refractivity contribution in [1.29, 1.82) is 0 Å². The Morgan fingerprint density at radius 3 is 2.69 bits per heavy atom. The minimum Gasteiger partial charge on any atom is -0.396 e. The van der Waals surface area contributed by atoms with Gasteiger partial charge in [0.25, 0.3) is 0 Å². The monoisotopic (exact) mass is 220 g/mol. The van der Waals surface area contributed by atoms with Crippen LogP contribution in [0.3, 0.4) is 0 Å². The molecule has 1 atom stereocenters. The Hall–Kier alpha value is -0.860. The maximum Gasteiger partial charge on any atom is 0.0516 e. The molecule has 2 rings (SSSR count). The van der Waals surface area contributed by atoms with Gasteiger partial charge in [-0.25, -0.2) is 0 Å². The van der Waals surface area contributed by atoms with Crippen molar-refractivity contribution in [2.24, 2.45) is 5.92 Å². The summed E-state index contributed by atoms with van der Waals surface area (Å²) in [5.41, 5.74) is 3.85. The summed E-state index contributed by atoms with van der Waals surface area (Å²) in [7, 11) is 0. The molecule has 1 aromatic rings. The smallest absolute Gasteiger partial charge is 0.0516 e. The van der Waals surface area contributed by atoms with Gasteiger partial charge in [0.2, 0.25) is 0 Å². The van der Waals surface area contributed by atoms with Crippen LogP contribution in [-0.2, 0) is 4.74 Å². The van der Waals surface area contributed by atoms with Crippen molar-refractivity contribution in [2.75, 3.05) is 19.8 Å². The molecule has 16 heavy (non-hydrogen) atoms. The number of benzene rings is 1. The SMILES string of the molecule is Cc1ccc(C)c(C(CO)CC2COC2)c1. The van der Waals surface area contributed by atoms with Gasteiger partial charge in [0.1, 0.15) is 0 Å². The van der Waals surface area contributed by atoms with E-state index in [0.717, 1.165) is 19.6 Å². The van der Waals surface area contributed by atoms with Gasteiger partial charge in [-0.15, -0.1) is 0 Å². The zero-order valence-electron chi connectivity index (χ0n) is 10.1. The highest BCUT2D eigenvalue weighted by atomic mass is 16.5. The molecule has 1 saturated heterocycles. The van der Waals surface area contributed by atoms with Crippen LogP contribution >= 0.6 is 0 Å². The van der Waals surface area contributed by atoms with Crippen molar-refractivity contribution in [3.8, 4) is 0 Å². The number of rotatable bonds is 4. The lowest BCUT2D eigenvalue weighted by Crippen LogP contribution is -2.29. The van der Waals surface area contributed by atoms with Crippen molar-refractivity contribution in [3.63, 3.8) is 0 Å². The van der Waals surface area contributed by atoms with Crippen LogP contribution in [0, 0.1) is 19.8 Å². The summed E-state index contributed by atoms with van der Waals surface area (Å²) < 4.78 is 5.19. The van der Waals surface area contributed by atoms with E-state index >= 15 is 0 Å². The Labute approximate surface area is 97.3 Å². The zero-order chi connectivity index (χ0) is 11.5. The van der Waals surface area contributed by atoms with E-state index in [1.807, 2.05) is 0 Å². The Balaban J connectivity index is 2.14. The Morgan fingerprint density at radius 2 is 2.12 bits per heavy atom. The van der Waals surface area contributed by atoms with Crippen LogP contribution in [0.15, 0.2) is 18.2 Å². The first-order valence-electron chi connectivity index (χ1n) is 5.96. The standard InChI is InChI=1S/C14H20O2/c1-10-3-4-11(2)14(5-10)13(7-15)6-12-8-16-9-12/h3-5,12-13,15H,6-9H2,1-2H3. The second-order valence-electron chi connectivity index (χ2n) is 4.88. The average Bonchev–Trinajstić information content (AvgIpc) is 2.21. The van der Waals surface area contributed by atoms with Crippen LogP contribution in [0.4, 0.5) is 0 Å². The highest BCUT2D eigenvalue weighted by Crippen LogP contribution is 2.29. The number of hydrogen-bond donors (Lipinski definition) is 1. The summed E-state index contributed by atoms with van der Waals surface area (Å²) in [6, 6.07) is 6.47. The molecular weight excluding hydrogens is 200 g/mol. The van der Waals surface area contributed by atoms with Crippen molar-refractivity contribution in [3.05, 3.63) is 34.9 Å². The highest BCUT2D eigenvalue weighted by molar-refractivity contribution is 5.33. The van der Waals surface area contributed by atoms with Crippen molar-refractivity contribution < 1.29 is 9.84 Å². The molecule has 0 spiro atoms. The second kappa shape index (κ2) is 4.98. The average molecular weight is 220 g/mol. The van der Waals surface area contributed by atoms with E-state index < -0.39 is 0 Å². The van der Waals surface area contributed by atoms with Gasteiger partial charge >= 0.3 is 0 Å². The summed E-state index contributed by atoms with van der Waals surface area (Å²) in [6.07, 6.45) is 1.04. The summed E-state index contributed by atoms with van der Waals surface area (Å²) in [6.45, 7) is 6.18. The quantitative estimate of drug-likeness (QED) is 0.844. The predicted molar refractivity (Wildman–Crippen MR) is 64.7 cm³/mol. The van der Waals surface area contributed by atoms with Gasteiger partial charge in [0.15, 0.2) is 0 Å². The molecule has 0 amide bonds. The Bertz CT molecular complexity index is 356. The van der Waals surface area contributed by atoms with Gasteiger partial charge in [-0.1, -0.05) is 23.8 Å². The second-order valence-corrected chi connectivity index (χ2v) is 4.88. The molecule has 1 aliphatic heterocycles. The molecule has 0 aliphatic carbocycles. The Morgan fingerprint density at radius 1 is 1.38 bits per heavy atom. The van der Waals surface area contributed by atoms with Gasteiger partial charge in [-0.05, 0) is 31.4 Å². The zero-order valence-corrected chi connectivity index (χ0v) is 10.1. The molecule has 88 valence electrons. The third-order valence-electron chi connectivity index (χ3n) is 3.42. The minimum atomic E-state index is 0.237. The van der Waals surface area contributed by atoms with E-state index in [9.17, 15) is 5.11 Å². The van der Waals surface area contributed by atoms with E-state index in [2.05, 4.69) is 32.0 Å². The first-order valence-corrected chi connectivity index (χ1v) is 5.96. The summed E-state index contributed by atoms with van der Waals surface area (Å²) in [4.78, 5) is 0. The lowest BCUT2D eigenvalue weighted by molar-refractivity contribution is -0.0405. The maximum absolute atomic E-state index is 9.52. The molecule has 0 bridgehead atoms. The summed E-state index contributed by atoms with van der Waals surface area (Å²) in [5, 5.41) is 9.52.